The number of nitrogens with two attached hydrogens (primary N) is 1. The fraction of sp³-hybridized carbons (Fsp3) is 0.182. The minimum atomic E-state index is -0.413. The van der Waals surface area contributed by atoms with E-state index in [1.54, 1.807) is 12.1 Å². The Balaban J connectivity index is 3.19. The second kappa shape index (κ2) is 4.42. The molecule has 1 aromatic rings. The summed E-state index contributed by atoms with van der Waals surface area (Å²) >= 11 is 3.34. The van der Waals surface area contributed by atoms with E-state index in [2.05, 4.69) is 22.5 Å². The van der Waals surface area contributed by atoms with E-state index in [1.165, 1.54) is 0 Å². The van der Waals surface area contributed by atoms with Gasteiger partial charge in [-0.05, 0) is 29.7 Å². The van der Waals surface area contributed by atoms with Gasteiger partial charge in [-0.15, -0.1) is 6.58 Å². The van der Waals surface area contributed by atoms with Crippen LogP contribution in [0.2, 0.25) is 0 Å². The standard InChI is InChI=1S/C11H12BrNO/c1-3-7(2)8-4-9(11(13)14)6-10(12)5-8/h3-7H,1H2,2H3,(H2,13,14). The van der Waals surface area contributed by atoms with Crippen molar-refractivity contribution in [2.24, 2.45) is 5.73 Å². The fourth-order valence-electron chi connectivity index (χ4n) is 1.15. The van der Waals surface area contributed by atoms with Crippen molar-refractivity contribution in [2.75, 3.05) is 0 Å². The summed E-state index contributed by atoms with van der Waals surface area (Å²) in [5, 5.41) is 0. The second-order valence-corrected chi connectivity index (χ2v) is 4.08. The molecular weight excluding hydrogens is 242 g/mol. The lowest BCUT2D eigenvalue weighted by atomic mass is 9.99. The molecule has 1 amide bonds. The highest BCUT2D eigenvalue weighted by Crippen LogP contribution is 2.22. The lowest BCUT2D eigenvalue weighted by molar-refractivity contribution is 0.1000. The number of rotatable bonds is 3. The third kappa shape index (κ3) is 2.45. The zero-order valence-electron chi connectivity index (χ0n) is 7.96. The van der Waals surface area contributed by atoms with E-state index < -0.39 is 5.91 Å². The second-order valence-electron chi connectivity index (χ2n) is 3.16. The normalized spacial score (nSPS) is 12.1. The molecule has 74 valence electrons. The first-order chi connectivity index (χ1) is 6.54. The van der Waals surface area contributed by atoms with Gasteiger partial charge in [0.25, 0.3) is 0 Å². The number of halogens is 1. The molecule has 0 aliphatic rings. The molecule has 2 N–H and O–H groups in total. The fourth-order valence-corrected chi connectivity index (χ4v) is 1.66. The zero-order chi connectivity index (χ0) is 10.7. The molecule has 0 aliphatic heterocycles. The summed E-state index contributed by atoms with van der Waals surface area (Å²) in [7, 11) is 0. The molecule has 1 rings (SSSR count). The van der Waals surface area contributed by atoms with Gasteiger partial charge in [0.1, 0.15) is 0 Å². The number of primary amides is 1. The van der Waals surface area contributed by atoms with Gasteiger partial charge in [0.05, 0.1) is 0 Å². The van der Waals surface area contributed by atoms with Gasteiger partial charge in [0.15, 0.2) is 0 Å². The highest BCUT2D eigenvalue weighted by atomic mass is 79.9. The minimum absolute atomic E-state index is 0.214. The molecule has 0 saturated carbocycles. The SMILES string of the molecule is C=CC(C)c1cc(Br)cc(C(N)=O)c1. The number of hydrogen-bond acceptors (Lipinski definition) is 1. The van der Waals surface area contributed by atoms with Crippen LogP contribution in [-0.2, 0) is 0 Å². The first-order valence-corrected chi connectivity index (χ1v) is 5.06. The number of carbonyl (C=O) groups excluding carboxylic acids is 1. The van der Waals surface area contributed by atoms with Crippen molar-refractivity contribution >= 4 is 21.8 Å². The number of allylic oxidation sites excluding steroid dienone is 1. The van der Waals surface area contributed by atoms with E-state index in [1.807, 2.05) is 19.1 Å². The van der Waals surface area contributed by atoms with E-state index in [4.69, 9.17) is 5.73 Å². The Kier molecular flexibility index (Phi) is 3.47. The predicted octanol–water partition coefficient (Wildman–Crippen LogP) is 2.84. The summed E-state index contributed by atoms with van der Waals surface area (Å²) in [6, 6.07) is 5.46. The quantitative estimate of drug-likeness (QED) is 0.828. The molecule has 1 unspecified atom stereocenters. The number of amides is 1. The number of hydrogen-bond donors (Lipinski definition) is 1. The summed E-state index contributed by atoms with van der Waals surface area (Å²) in [6.45, 7) is 5.72. The predicted molar refractivity (Wildman–Crippen MR) is 61.3 cm³/mol. The van der Waals surface area contributed by atoms with Crippen LogP contribution in [0, 0.1) is 0 Å². The molecule has 3 heteroatoms. The van der Waals surface area contributed by atoms with Gasteiger partial charge in [-0.1, -0.05) is 28.9 Å². The molecule has 1 atom stereocenters. The molecule has 14 heavy (non-hydrogen) atoms. The molecule has 0 bridgehead atoms. The van der Waals surface area contributed by atoms with Crippen molar-refractivity contribution in [1.29, 1.82) is 0 Å². The van der Waals surface area contributed by atoms with Crippen LogP contribution in [0.1, 0.15) is 28.8 Å². The monoisotopic (exact) mass is 253 g/mol. The van der Waals surface area contributed by atoms with Crippen molar-refractivity contribution in [1.82, 2.24) is 0 Å². The zero-order valence-corrected chi connectivity index (χ0v) is 9.54. The van der Waals surface area contributed by atoms with Crippen LogP contribution in [0.3, 0.4) is 0 Å². The number of carbonyl (C=O) groups is 1. The molecule has 0 aliphatic carbocycles. The first-order valence-electron chi connectivity index (χ1n) is 4.27. The molecule has 0 spiro atoms. The van der Waals surface area contributed by atoms with Crippen LogP contribution in [-0.4, -0.2) is 5.91 Å². The van der Waals surface area contributed by atoms with E-state index in [-0.39, 0.29) is 5.92 Å². The molecule has 1 aromatic carbocycles. The molecule has 2 nitrogen and oxygen atoms in total. The summed E-state index contributed by atoms with van der Waals surface area (Å²) in [4.78, 5) is 11.0. The minimum Gasteiger partial charge on any atom is -0.366 e. The van der Waals surface area contributed by atoms with Gasteiger partial charge in [0.2, 0.25) is 5.91 Å². The molecule has 0 fully saturated rings. The summed E-state index contributed by atoms with van der Waals surface area (Å²) in [5.74, 6) is -0.200. The maximum Gasteiger partial charge on any atom is 0.248 e. The lowest BCUT2D eigenvalue weighted by Gasteiger charge is -2.08. The maximum absolute atomic E-state index is 11.0. The average molecular weight is 254 g/mol. The average Bonchev–Trinajstić information content (AvgIpc) is 2.15. The van der Waals surface area contributed by atoms with E-state index >= 15 is 0 Å². The Morgan fingerprint density at radius 2 is 2.21 bits per heavy atom. The highest BCUT2D eigenvalue weighted by Gasteiger charge is 2.07. The van der Waals surface area contributed by atoms with Crippen LogP contribution in [0.25, 0.3) is 0 Å². The van der Waals surface area contributed by atoms with Crippen LogP contribution in [0.15, 0.2) is 35.3 Å². The van der Waals surface area contributed by atoms with E-state index in [0.29, 0.717) is 5.56 Å². The van der Waals surface area contributed by atoms with Crippen molar-refractivity contribution in [2.45, 2.75) is 12.8 Å². The van der Waals surface area contributed by atoms with Crippen LogP contribution in [0.5, 0.6) is 0 Å². The van der Waals surface area contributed by atoms with Gasteiger partial charge in [0, 0.05) is 10.0 Å². The Hall–Kier alpha value is -1.09. The Labute approximate surface area is 91.9 Å². The van der Waals surface area contributed by atoms with Crippen molar-refractivity contribution < 1.29 is 4.79 Å². The smallest absolute Gasteiger partial charge is 0.248 e. The summed E-state index contributed by atoms with van der Waals surface area (Å²) in [5.41, 5.74) is 6.75. The van der Waals surface area contributed by atoms with Gasteiger partial charge in [-0.3, -0.25) is 4.79 Å². The Bertz CT molecular complexity index is 374. The molecule has 0 radical (unpaired) electrons. The van der Waals surface area contributed by atoms with E-state index in [9.17, 15) is 4.79 Å². The van der Waals surface area contributed by atoms with Gasteiger partial charge < -0.3 is 5.73 Å². The largest absolute Gasteiger partial charge is 0.366 e. The van der Waals surface area contributed by atoms with Crippen molar-refractivity contribution in [3.63, 3.8) is 0 Å². The summed E-state index contributed by atoms with van der Waals surface area (Å²) in [6.07, 6.45) is 1.83. The third-order valence-electron chi connectivity index (χ3n) is 2.08. The maximum atomic E-state index is 11.0. The number of benzene rings is 1. The van der Waals surface area contributed by atoms with Gasteiger partial charge in [-0.25, -0.2) is 0 Å². The van der Waals surface area contributed by atoms with Crippen LogP contribution in [0.4, 0.5) is 0 Å². The van der Waals surface area contributed by atoms with Gasteiger partial charge >= 0.3 is 0 Å². The van der Waals surface area contributed by atoms with Crippen molar-refractivity contribution in [3.05, 3.63) is 46.5 Å². The molecule has 0 heterocycles. The summed E-state index contributed by atoms with van der Waals surface area (Å²) < 4.78 is 0.859. The third-order valence-corrected chi connectivity index (χ3v) is 2.54. The van der Waals surface area contributed by atoms with Crippen molar-refractivity contribution in [3.8, 4) is 0 Å². The lowest BCUT2D eigenvalue weighted by Crippen LogP contribution is -2.11. The molecule has 0 saturated heterocycles. The molecular formula is C11H12BrNO. The first kappa shape index (κ1) is 11.0. The topological polar surface area (TPSA) is 43.1 Å². The molecule has 0 aromatic heterocycles. The van der Waals surface area contributed by atoms with Gasteiger partial charge in [-0.2, -0.15) is 0 Å². The van der Waals surface area contributed by atoms with Crippen LogP contribution >= 0.6 is 15.9 Å². The highest BCUT2D eigenvalue weighted by molar-refractivity contribution is 9.10. The Morgan fingerprint density at radius 1 is 1.57 bits per heavy atom. The Morgan fingerprint density at radius 3 is 2.71 bits per heavy atom. The van der Waals surface area contributed by atoms with E-state index in [0.717, 1.165) is 10.0 Å². The van der Waals surface area contributed by atoms with Crippen LogP contribution < -0.4 is 5.73 Å².